The molecule has 0 aliphatic carbocycles. The number of hydrogen-bond donors (Lipinski definition) is 1. The molecule has 1 N–H and O–H groups in total. The van der Waals surface area contributed by atoms with Crippen LogP contribution >= 0.6 is 11.3 Å². The van der Waals surface area contributed by atoms with Gasteiger partial charge in [-0.25, -0.2) is 10.4 Å². The van der Waals surface area contributed by atoms with Gasteiger partial charge in [0.15, 0.2) is 0 Å². The van der Waals surface area contributed by atoms with Crippen molar-refractivity contribution in [1.82, 2.24) is 10.4 Å². The van der Waals surface area contributed by atoms with Gasteiger partial charge in [-0.05, 0) is 41.3 Å². The van der Waals surface area contributed by atoms with Crippen molar-refractivity contribution in [2.45, 2.75) is 0 Å². The highest BCUT2D eigenvalue weighted by Gasteiger charge is 2.14. The van der Waals surface area contributed by atoms with Crippen LogP contribution in [-0.2, 0) is 0 Å². The van der Waals surface area contributed by atoms with Crippen molar-refractivity contribution in [3.05, 3.63) is 93.4 Å². The molecular weight excluding hydrogens is 388 g/mol. The van der Waals surface area contributed by atoms with Crippen LogP contribution in [0.25, 0.3) is 21.5 Å². The van der Waals surface area contributed by atoms with E-state index in [1.54, 1.807) is 29.5 Å². The summed E-state index contributed by atoms with van der Waals surface area (Å²) in [4.78, 5) is 28.6. The van der Waals surface area contributed by atoms with Crippen molar-refractivity contribution in [1.29, 1.82) is 0 Å². The number of nitrogens with zero attached hydrogens (tertiary/aromatic N) is 3. The fourth-order valence-corrected chi connectivity index (χ4v) is 3.51. The molecular formula is C21H14N4O3S. The Morgan fingerprint density at radius 3 is 2.62 bits per heavy atom. The van der Waals surface area contributed by atoms with Crippen molar-refractivity contribution >= 4 is 40.0 Å². The van der Waals surface area contributed by atoms with Gasteiger partial charge in [0.1, 0.15) is 0 Å². The number of thiophene rings is 1. The zero-order valence-corrected chi connectivity index (χ0v) is 15.8. The number of carbonyl (C=O) groups is 1. The minimum Gasteiger partial charge on any atom is -0.267 e. The van der Waals surface area contributed by atoms with Gasteiger partial charge in [0.2, 0.25) is 0 Å². The average Bonchev–Trinajstić information content (AvgIpc) is 3.28. The number of fused-ring (bicyclic) bond motifs is 1. The van der Waals surface area contributed by atoms with E-state index in [1.807, 2.05) is 41.8 Å². The predicted octanol–water partition coefficient (Wildman–Crippen LogP) is 4.64. The molecule has 8 heteroatoms. The van der Waals surface area contributed by atoms with Gasteiger partial charge >= 0.3 is 0 Å². The quantitative estimate of drug-likeness (QED) is 0.299. The number of pyridine rings is 1. The minimum absolute atomic E-state index is 0.00412. The SMILES string of the molecule is O=C(N/N=C/c1ccc([N+](=O)[O-])cc1)c1cc(-c2cccs2)nc2ccccc12. The van der Waals surface area contributed by atoms with Gasteiger partial charge in [-0.3, -0.25) is 14.9 Å². The van der Waals surface area contributed by atoms with Gasteiger partial charge in [-0.1, -0.05) is 24.3 Å². The van der Waals surface area contributed by atoms with Gasteiger partial charge in [-0.15, -0.1) is 11.3 Å². The second-order valence-electron chi connectivity index (χ2n) is 6.10. The number of benzene rings is 2. The molecule has 2 heterocycles. The Labute approximate surface area is 169 Å². The topological polar surface area (TPSA) is 97.5 Å². The molecule has 0 radical (unpaired) electrons. The molecule has 0 atom stereocenters. The zero-order chi connectivity index (χ0) is 20.2. The van der Waals surface area contributed by atoms with Crippen LogP contribution in [0, 0.1) is 10.1 Å². The molecule has 0 saturated carbocycles. The van der Waals surface area contributed by atoms with Crippen LogP contribution in [0.15, 0.2) is 77.2 Å². The van der Waals surface area contributed by atoms with Crippen LogP contribution in [0.1, 0.15) is 15.9 Å². The Bertz CT molecular complexity index is 1220. The van der Waals surface area contributed by atoms with Gasteiger partial charge in [0.05, 0.1) is 32.8 Å². The number of rotatable bonds is 5. The Morgan fingerprint density at radius 2 is 1.90 bits per heavy atom. The molecule has 4 aromatic rings. The van der Waals surface area contributed by atoms with E-state index < -0.39 is 4.92 Å². The summed E-state index contributed by atoms with van der Waals surface area (Å²) in [6.07, 6.45) is 1.44. The van der Waals surface area contributed by atoms with Gasteiger partial charge in [0.25, 0.3) is 11.6 Å². The Balaban J connectivity index is 1.60. The molecule has 4 rings (SSSR count). The first-order chi connectivity index (χ1) is 14.1. The number of hydrogen-bond acceptors (Lipinski definition) is 6. The molecule has 0 unspecified atom stereocenters. The number of nitrogens with one attached hydrogen (secondary N) is 1. The first-order valence-corrected chi connectivity index (χ1v) is 9.51. The molecule has 7 nitrogen and oxygen atoms in total. The van der Waals surface area contributed by atoms with E-state index in [1.165, 1.54) is 18.3 Å². The van der Waals surface area contributed by atoms with E-state index in [4.69, 9.17) is 0 Å². The van der Waals surface area contributed by atoms with Crippen molar-refractivity contribution < 1.29 is 9.72 Å². The summed E-state index contributed by atoms with van der Waals surface area (Å²) in [6, 6.07) is 19.0. The Hall–Kier alpha value is -3.91. The molecule has 0 bridgehead atoms. The van der Waals surface area contributed by atoms with Crippen molar-refractivity contribution in [2.24, 2.45) is 5.10 Å². The van der Waals surface area contributed by atoms with Crippen LogP contribution in [0.3, 0.4) is 0 Å². The lowest BCUT2D eigenvalue weighted by Gasteiger charge is -2.07. The molecule has 0 aliphatic heterocycles. The third-order valence-corrected chi connectivity index (χ3v) is 5.11. The van der Waals surface area contributed by atoms with Gasteiger partial charge in [0, 0.05) is 17.5 Å². The molecule has 2 aromatic carbocycles. The number of para-hydroxylation sites is 1. The largest absolute Gasteiger partial charge is 0.272 e. The van der Waals surface area contributed by atoms with Crippen LogP contribution in [0.5, 0.6) is 0 Å². The lowest BCUT2D eigenvalue weighted by Crippen LogP contribution is -2.18. The van der Waals surface area contributed by atoms with Crippen LogP contribution in [-0.4, -0.2) is 22.0 Å². The number of nitro groups is 1. The highest BCUT2D eigenvalue weighted by atomic mass is 32.1. The Morgan fingerprint density at radius 1 is 1.10 bits per heavy atom. The normalized spacial score (nSPS) is 11.0. The van der Waals surface area contributed by atoms with E-state index in [9.17, 15) is 14.9 Å². The number of carbonyl (C=O) groups excluding carboxylic acids is 1. The Kier molecular flexibility index (Phi) is 5.08. The summed E-state index contributed by atoms with van der Waals surface area (Å²) < 4.78 is 0. The average molecular weight is 402 g/mol. The van der Waals surface area contributed by atoms with E-state index in [0.29, 0.717) is 11.1 Å². The van der Waals surface area contributed by atoms with E-state index in [-0.39, 0.29) is 11.6 Å². The van der Waals surface area contributed by atoms with Gasteiger partial charge in [-0.2, -0.15) is 5.10 Å². The van der Waals surface area contributed by atoms with Crippen molar-refractivity contribution in [2.75, 3.05) is 0 Å². The van der Waals surface area contributed by atoms with Crippen LogP contribution < -0.4 is 5.43 Å². The maximum absolute atomic E-state index is 12.8. The fourth-order valence-electron chi connectivity index (χ4n) is 2.82. The number of hydrazone groups is 1. The molecule has 0 fully saturated rings. The maximum atomic E-state index is 12.8. The summed E-state index contributed by atoms with van der Waals surface area (Å²) in [5, 5.41) is 17.4. The maximum Gasteiger partial charge on any atom is 0.272 e. The highest BCUT2D eigenvalue weighted by molar-refractivity contribution is 7.13. The second-order valence-corrected chi connectivity index (χ2v) is 7.04. The summed E-state index contributed by atoms with van der Waals surface area (Å²) in [7, 11) is 0. The third-order valence-electron chi connectivity index (χ3n) is 4.22. The standard InChI is InChI=1S/C21H14N4O3S/c26-21(24-22-13-14-7-9-15(10-8-14)25(27)28)17-12-19(20-6-3-11-29-20)23-18-5-2-1-4-16(17)18/h1-13H,(H,24,26)/b22-13+. The molecule has 0 saturated heterocycles. The first kappa shape index (κ1) is 18.5. The number of aromatic nitrogens is 1. The first-order valence-electron chi connectivity index (χ1n) is 8.63. The monoisotopic (exact) mass is 402 g/mol. The van der Waals surface area contributed by atoms with Crippen molar-refractivity contribution in [3.63, 3.8) is 0 Å². The molecule has 0 spiro atoms. The fraction of sp³-hybridized carbons (Fsp3) is 0. The second kappa shape index (κ2) is 7.99. The molecule has 1 amide bonds. The highest BCUT2D eigenvalue weighted by Crippen LogP contribution is 2.27. The van der Waals surface area contributed by atoms with Gasteiger partial charge < -0.3 is 0 Å². The number of non-ortho nitro benzene ring substituents is 1. The van der Waals surface area contributed by atoms with Crippen LogP contribution in [0.4, 0.5) is 5.69 Å². The molecule has 0 aliphatic rings. The lowest BCUT2D eigenvalue weighted by molar-refractivity contribution is -0.384. The lowest BCUT2D eigenvalue weighted by atomic mass is 10.1. The number of nitro benzene ring substituents is 1. The summed E-state index contributed by atoms with van der Waals surface area (Å²) in [5.41, 5.74) is 5.07. The van der Waals surface area contributed by atoms with E-state index in [2.05, 4.69) is 15.5 Å². The summed E-state index contributed by atoms with van der Waals surface area (Å²) in [5.74, 6) is -0.362. The molecule has 29 heavy (non-hydrogen) atoms. The third kappa shape index (κ3) is 4.02. The van der Waals surface area contributed by atoms with E-state index in [0.717, 1.165) is 21.5 Å². The molecule has 2 aromatic heterocycles. The zero-order valence-electron chi connectivity index (χ0n) is 15.0. The van der Waals surface area contributed by atoms with E-state index >= 15 is 0 Å². The van der Waals surface area contributed by atoms with Crippen molar-refractivity contribution in [3.8, 4) is 10.6 Å². The van der Waals surface area contributed by atoms with Crippen LogP contribution in [0.2, 0.25) is 0 Å². The number of amides is 1. The molecule has 142 valence electrons. The minimum atomic E-state index is -0.470. The smallest absolute Gasteiger partial charge is 0.267 e. The predicted molar refractivity (Wildman–Crippen MR) is 113 cm³/mol. The summed E-state index contributed by atoms with van der Waals surface area (Å²) in [6.45, 7) is 0. The summed E-state index contributed by atoms with van der Waals surface area (Å²) >= 11 is 1.55.